The molecule has 0 aromatic heterocycles. The van der Waals surface area contributed by atoms with Gasteiger partial charge in [0.15, 0.2) is 0 Å². The lowest BCUT2D eigenvalue weighted by Gasteiger charge is -2.27. The highest BCUT2D eigenvalue weighted by Crippen LogP contribution is 2.27. The van der Waals surface area contributed by atoms with E-state index in [1.807, 2.05) is 30.3 Å². The summed E-state index contributed by atoms with van der Waals surface area (Å²) in [6.45, 7) is 6.52. The number of amides is 1. The highest BCUT2D eigenvalue weighted by Gasteiger charge is 2.32. The van der Waals surface area contributed by atoms with Crippen molar-refractivity contribution >= 4 is 6.09 Å². The molecule has 4 rings (SSSR count). The molecule has 1 unspecified atom stereocenters. The van der Waals surface area contributed by atoms with Crippen molar-refractivity contribution in [3.05, 3.63) is 71.3 Å². The van der Waals surface area contributed by atoms with Gasteiger partial charge in [-0.05, 0) is 16.7 Å². The molecule has 5 heteroatoms. The Bertz CT molecular complexity index is 727. The van der Waals surface area contributed by atoms with Gasteiger partial charge in [0.25, 0.3) is 0 Å². The number of hydrogen-bond donors (Lipinski definition) is 1. The molecule has 2 aliphatic heterocycles. The molecule has 1 atom stereocenters. The fraction of sp³-hybridized carbons (Fsp3) is 0.381. The van der Waals surface area contributed by atoms with E-state index in [1.165, 1.54) is 5.56 Å². The number of hydrogen-bond acceptors (Lipinski definition) is 4. The number of benzene rings is 2. The predicted molar refractivity (Wildman–Crippen MR) is 101 cm³/mol. The molecule has 0 bridgehead atoms. The van der Waals surface area contributed by atoms with Crippen molar-refractivity contribution in [3.8, 4) is 0 Å². The molecule has 136 valence electrons. The van der Waals surface area contributed by atoms with Crippen molar-refractivity contribution in [3.63, 3.8) is 0 Å². The molecule has 1 N–H and O–H groups in total. The summed E-state index contributed by atoms with van der Waals surface area (Å²) in [6.07, 6.45) is -0.403. The lowest BCUT2D eigenvalue weighted by molar-refractivity contribution is 0.132. The molecule has 2 aromatic rings. The molecule has 0 saturated carbocycles. The van der Waals surface area contributed by atoms with Crippen LogP contribution in [0.4, 0.5) is 4.79 Å². The molecule has 0 radical (unpaired) electrons. The summed E-state index contributed by atoms with van der Waals surface area (Å²) in [7, 11) is 0. The number of nitrogens with one attached hydrogen (secondary N) is 1. The van der Waals surface area contributed by atoms with Crippen LogP contribution in [0.15, 0.2) is 54.6 Å². The third kappa shape index (κ3) is 4.06. The molecule has 0 aliphatic carbocycles. The smallest absolute Gasteiger partial charge is 0.410 e. The van der Waals surface area contributed by atoms with E-state index in [0.29, 0.717) is 13.1 Å². The first-order valence-electron chi connectivity index (χ1n) is 9.29. The zero-order chi connectivity index (χ0) is 17.8. The average Bonchev–Trinajstić information content (AvgIpc) is 3.05. The van der Waals surface area contributed by atoms with Gasteiger partial charge >= 0.3 is 6.09 Å². The Morgan fingerprint density at radius 3 is 2.27 bits per heavy atom. The monoisotopic (exact) mass is 351 g/mol. The first kappa shape index (κ1) is 17.1. The summed E-state index contributed by atoms with van der Waals surface area (Å²) >= 11 is 0. The van der Waals surface area contributed by atoms with E-state index in [9.17, 15) is 4.79 Å². The highest BCUT2D eigenvalue weighted by molar-refractivity contribution is 5.70. The highest BCUT2D eigenvalue weighted by atomic mass is 16.6. The van der Waals surface area contributed by atoms with E-state index >= 15 is 0 Å². The van der Waals surface area contributed by atoms with Crippen molar-refractivity contribution in [2.24, 2.45) is 0 Å². The van der Waals surface area contributed by atoms with Crippen LogP contribution in [0.25, 0.3) is 0 Å². The van der Waals surface area contributed by atoms with E-state index in [1.54, 1.807) is 4.90 Å². The Hall–Kier alpha value is -2.37. The topological polar surface area (TPSA) is 44.8 Å². The fourth-order valence-corrected chi connectivity index (χ4v) is 3.58. The summed E-state index contributed by atoms with van der Waals surface area (Å²) in [4.78, 5) is 16.4. The number of piperazine rings is 1. The van der Waals surface area contributed by atoms with E-state index in [0.717, 1.165) is 43.9 Å². The molecule has 2 saturated heterocycles. The molecule has 5 nitrogen and oxygen atoms in total. The minimum absolute atomic E-state index is 0.171. The fourth-order valence-electron chi connectivity index (χ4n) is 3.58. The van der Waals surface area contributed by atoms with Gasteiger partial charge in [-0.3, -0.25) is 9.80 Å². The second kappa shape index (κ2) is 7.89. The zero-order valence-electron chi connectivity index (χ0n) is 14.9. The molecule has 26 heavy (non-hydrogen) atoms. The van der Waals surface area contributed by atoms with Crippen LogP contribution in [0, 0.1) is 0 Å². The molecule has 0 spiro atoms. The van der Waals surface area contributed by atoms with Crippen molar-refractivity contribution in [1.29, 1.82) is 0 Å². The van der Waals surface area contributed by atoms with Crippen molar-refractivity contribution in [2.45, 2.75) is 19.2 Å². The summed E-state index contributed by atoms with van der Waals surface area (Å²) < 4.78 is 5.53. The first-order chi connectivity index (χ1) is 12.8. The largest absolute Gasteiger partial charge is 0.439 e. The van der Waals surface area contributed by atoms with Gasteiger partial charge in [-0.1, -0.05) is 54.6 Å². The number of rotatable bonds is 5. The number of carbonyl (C=O) groups is 1. The summed E-state index contributed by atoms with van der Waals surface area (Å²) in [5, 5.41) is 3.38. The predicted octanol–water partition coefficient (Wildman–Crippen LogP) is 2.79. The SMILES string of the molecule is O=C1OC(c2ccccc2)CN1Cc1ccc(CN2CCNCC2)cc1. The van der Waals surface area contributed by atoms with Gasteiger partial charge in [-0.25, -0.2) is 4.79 Å². The maximum atomic E-state index is 12.2. The van der Waals surface area contributed by atoms with Crippen LogP contribution in [0.3, 0.4) is 0 Å². The Morgan fingerprint density at radius 2 is 1.58 bits per heavy atom. The van der Waals surface area contributed by atoms with Gasteiger partial charge < -0.3 is 10.1 Å². The number of ether oxygens (including phenoxy) is 1. The Labute approximate surface area is 154 Å². The Kier molecular flexibility index (Phi) is 5.18. The van der Waals surface area contributed by atoms with E-state index in [4.69, 9.17) is 4.74 Å². The summed E-state index contributed by atoms with van der Waals surface area (Å²) in [5.41, 5.74) is 3.51. The van der Waals surface area contributed by atoms with Crippen molar-refractivity contribution in [2.75, 3.05) is 32.7 Å². The first-order valence-corrected chi connectivity index (χ1v) is 9.29. The van der Waals surface area contributed by atoms with Crippen molar-refractivity contribution in [1.82, 2.24) is 15.1 Å². The van der Waals surface area contributed by atoms with Gasteiger partial charge in [0.05, 0.1) is 6.54 Å². The van der Waals surface area contributed by atoms with Gasteiger partial charge in [0, 0.05) is 39.3 Å². The van der Waals surface area contributed by atoms with E-state index in [2.05, 4.69) is 34.5 Å². The molecule has 2 heterocycles. The number of cyclic esters (lactones) is 1. The van der Waals surface area contributed by atoms with Crippen LogP contribution in [-0.2, 0) is 17.8 Å². The average molecular weight is 351 g/mol. The molecule has 2 fully saturated rings. The molecule has 1 amide bonds. The van der Waals surface area contributed by atoms with Crippen LogP contribution in [0.5, 0.6) is 0 Å². The maximum Gasteiger partial charge on any atom is 0.410 e. The van der Waals surface area contributed by atoms with Gasteiger partial charge in [0.2, 0.25) is 0 Å². The molecule has 2 aliphatic rings. The molecule has 2 aromatic carbocycles. The lowest BCUT2D eigenvalue weighted by Crippen LogP contribution is -2.42. The van der Waals surface area contributed by atoms with Crippen LogP contribution < -0.4 is 5.32 Å². The standard InChI is InChI=1S/C21H25N3O2/c25-21-24(16-20(26-21)19-4-2-1-3-5-19)15-18-8-6-17(7-9-18)14-23-12-10-22-11-13-23/h1-9,20,22H,10-16H2. The second-order valence-electron chi connectivity index (χ2n) is 7.01. The number of nitrogens with zero attached hydrogens (tertiary/aromatic N) is 2. The quantitative estimate of drug-likeness (QED) is 0.900. The van der Waals surface area contributed by atoms with Gasteiger partial charge in [-0.15, -0.1) is 0 Å². The van der Waals surface area contributed by atoms with E-state index < -0.39 is 0 Å². The van der Waals surface area contributed by atoms with Gasteiger partial charge in [0.1, 0.15) is 6.10 Å². The minimum atomic E-state index is -0.233. The molecular weight excluding hydrogens is 326 g/mol. The number of carbonyl (C=O) groups excluding carboxylic acids is 1. The van der Waals surface area contributed by atoms with Crippen LogP contribution in [0.1, 0.15) is 22.8 Å². The lowest BCUT2D eigenvalue weighted by atomic mass is 10.1. The summed E-state index contributed by atoms with van der Waals surface area (Å²) in [6, 6.07) is 18.5. The van der Waals surface area contributed by atoms with Crippen LogP contribution in [0.2, 0.25) is 0 Å². The van der Waals surface area contributed by atoms with Gasteiger partial charge in [-0.2, -0.15) is 0 Å². The third-order valence-corrected chi connectivity index (χ3v) is 5.07. The van der Waals surface area contributed by atoms with Crippen LogP contribution in [-0.4, -0.2) is 48.6 Å². The van der Waals surface area contributed by atoms with Crippen LogP contribution >= 0.6 is 0 Å². The zero-order valence-corrected chi connectivity index (χ0v) is 14.9. The normalized spacial score (nSPS) is 21.0. The summed E-state index contributed by atoms with van der Waals surface area (Å²) in [5.74, 6) is 0. The Balaban J connectivity index is 1.34. The van der Waals surface area contributed by atoms with Crippen molar-refractivity contribution < 1.29 is 9.53 Å². The second-order valence-corrected chi connectivity index (χ2v) is 7.01. The molecular formula is C21H25N3O2. The maximum absolute atomic E-state index is 12.2. The minimum Gasteiger partial charge on any atom is -0.439 e. The Morgan fingerprint density at radius 1 is 0.923 bits per heavy atom. The third-order valence-electron chi connectivity index (χ3n) is 5.07. The van der Waals surface area contributed by atoms with E-state index in [-0.39, 0.29) is 12.2 Å².